The predicted octanol–water partition coefficient (Wildman–Crippen LogP) is 4.33. The Kier molecular flexibility index (Phi) is 9.10. The smallest absolute Gasteiger partial charge is 0.377 e. The van der Waals surface area contributed by atoms with E-state index in [1.165, 1.54) is 10.5 Å². The van der Waals surface area contributed by atoms with E-state index in [-0.39, 0.29) is 18.8 Å². The Morgan fingerprint density at radius 2 is 1.64 bits per heavy atom. The maximum absolute atomic E-state index is 12.9. The zero-order chi connectivity index (χ0) is 23.7. The molecule has 0 atom stereocenters. The molecule has 6 nitrogen and oxygen atoms in total. The molecule has 1 aromatic carbocycles. The number of hydrogen-bond donors (Lipinski definition) is 0. The number of pyridine rings is 1. The van der Waals surface area contributed by atoms with Crippen LogP contribution in [0.3, 0.4) is 0 Å². The fraction of sp³-hybridized carbons (Fsp3) is 0.522. The molecule has 1 fully saturated rings. The highest BCUT2D eigenvalue weighted by Crippen LogP contribution is 2.31. The first-order valence-corrected chi connectivity index (χ1v) is 12.7. The molecule has 10 heteroatoms. The molecule has 0 saturated carbocycles. The summed E-state index contributed by atoms with van der Waals surface area (Å²) in [7, 11) is -3.37. The number of halogens is 3. The van der Waals surface area contributed by atoms with Crippen LogP contribution in [0.5, 0.6) is 0 Å². The Morgan fingerprint density at radius 1 is 0.939 bits per heavy atom. The first-order valence-electron chi connectivity index (χ1n) is 11.1. The lowest BCUT2D eigenvalue weighted by Gasteiger charge is -2.35. The maximum Gasteiger partial charge on any atom is 0.417 e. The van der Waals surface area contributed by atoms with Gasteiger partial charge in [-0.15, -0.1) is 0 Å². The van der Waals surface area contributed by atoms with Crippen molar-refractivity contribution >= 4 is 15.7 Å². The topological polar surface area (TPSA) is 62.7 Å². The van der Waals surface area contributed by atoms with Crippen LogP contribution >= 0.6 is 0 Å². The van der Waals surface area contributed by atoms with Gasteiger partial charge in [0.2, 0.25) is 10.0 Å². The largest absolute Gasteiger partial charge is 0.417 e. The van der Waals surface area contributed by atoms with Crippen LogP contribution in [0.15, 0.2) is 48.8 Å². The van der Waals surface area contributed by atoms with Crippen molar-refractivity contribution in [3.05, 3.63) is 59.9 Å². The molecule has 2 aromatic rings. The zero-order valence-corrected chi connectivity index (χ0v) is 19.3. The van der Waals surface area contributed by atoms with Crippen molar-refractivity contribution in [3.63, 3.8) is 0 Å². The van der Waals surface area contributed by atoms with Gasteiger partial charge in [0, 0.05) is 39.0 Å². The molecule has 3 rings (SSSR count). The summed E-state index contributed by atoms with van der Waals surface area (Å²) >= 11 is 0. The van der Waals surface area contributed by atoms with Gasteiger partial charge in [-0.3, -0.25) is 4.98 Å². The number of aromatic nitrogens is 1. The van der Waals surface area contributed by atoms with Gasteiger partial charge < -0.3 is 9.64 Å². The van der Waals surface area contributed by atoms with Crippen LogP contribution in [0.1, 0.15) is 36.8 Å². The molecule has 0 N–H and O–H groups in total. The predicted molar refractivity (Wildman–Crippen MR) is 121 cm³/mol. The van der Waals surface area contributed by atoms with E-state index >= 15 is 0 Å². The Balaban J connectivity index is 1.33. The molecule has 2 heterocycles. The third-order valence-electron chi connectivity index (χ3n) is 5.60. The normalized spacial score (nSPS) is 15.7. The molecule has 1 aromatic heterocycles. The number of nitrogens with zero attached hydrogens (tertiary/aromatic N) is 3. The van der Waals surface area contributed by atoms with Crippen LogP contribution in [0.25, 0.3) is 0 Å². The summed E-state index contributed by atoms with van der Waals surface area (Å²) in [5.41, 5.74) is 0.685. The van der Waals surface area contributed by atoms with E-state index < -0.39 is 21.8 Å². The number of alkyl halides is 3. The molecular weight excluding hydrogens is 455 g/mol. The van der Waals surface area contributed by atoms with Gasteiger partial charge in [0.25, 0.3) is 0 Å². The highest BCUT2D eigenvalue weighted by molar-refractivity contribution is 7.89. The summed E-state index contributed by atoms with van der Waals surface area (Å²) in [6.45, 7) is 2.41. The monoisotopic (exact) mass is 485 g/mol. The van der Waals surface area contributed by atoms with Crippen LogP contribution in [-0.2, 0) is 27.5 Å². The summed E-state index contributed by atoms with van der Waals surface area (Å²) in [5.74, 6) is 0.0863. The molecule has 182 valence electrons. The first kappa shape index (κ1) is 25.5. The Morgan fingerprint density at radius 3 is 2.33 bits per heavy atom. The number of piperazine rings is 1. The quantitative estimate of drug-likeness (QED) is 0.444. The first-order chi connectivity index (χ1) is 15.8. The fourth-order valence-corrected chi connectivity index (χ4v) is 5.26. The minimum Gasteiger partial charge on any atom is -0.377 e. The number of sulfonamides is 1. The lowest BCUT2D eigenvalue weighted by molar-refractivity contribution is -0.137. The fourth-order valence-electron chi connectivity index (χ4n) is 3.72. The number of ether oxygens (including phenoxy) is 1. The summed E-state index contributed by atoms with van der Waals surface area (Å²) in [5, 5.41) is 0. The third kappa shape index (κ3) is 7.97. The van der Waals surface area contributed by atoms with Gasteiger partial charge in [0.1, 0.15) is 0 Å². The molecule has 0 bridgehead atoms. The SMILES string of the molecule is O=S(=O)(CCCCCCOCc1ccccc1)N1CCN(c2cncc(C(F)(F)F)c2)CC1. The lowest BCUT2D eigenvalue weighted by Crippen LogP contribution is -2.49. The summed E-state index contributed by atoms with van der Waals surface area (Å²) in [6, 6.07) is 11.0. The number of anilines is 1. The molecule has 0 amide bonds. The number of unbranched alkanes of at least 4 members (excludes halogenated alkanes) is 3. The van der Waals surface area contributed by atoms with Gasteiger partial charge in [-0.05, 0) is 24.5 Å². The summed E-state index contributed by atoms with van der Waals surface area (Å²) < 4.78 is 71.0. The van der Waals surface area contributed by atoms with Crippen molar-refractivity contribution < 1.29 is 26.3 Å². The standard InChI is InChI=1S/C23H30F3N3O3S/c24-23(25,26)21-16-22(18-27-17-21)28-10-12-29(13-11-28)33(30,31)15-7-2-1-6-14-32-19-20-8-4-3-5-9-20/h3-5,8-9,16-18H,1-2,6-7,10-15,19H2. The van der Waals surface area contributed by atoms with Crippen molar-refractivity contribution in [2.45, 2.75) is 38.5 Å². The lowest BCUT2D eigenvalue weighted by atomic mass is 10.2. The number of hydrogen-bond acceptors (Lipinski definition) is 5. The Labute approximate surface area is 193 Å². The van der Waals surface area contributed by atoms with Crippen LogP contribution < -0.4 is 4.90 Å². The second-order valence-corrected chi connectivity index (χ2v) is 10.2. The van der Waals surface area contributed by atoms with Gasteiger partial charge in [-0.1, -0.05) is 43.2 Å². The van der Waals surface area contributed by atoms with E-state index in [0.29, 0.717) is 38.4 Å². The Bertz CT molecular complexity index is 964. The van der Waals surface area contributed by atoms with Crippen LogP contribution in [0.2, 0.25) is 0 Å². The minimum absolute atomic E-state index is 0.0863. The van der Waals surface area contributed by atoms with Crippen LogP contribution in [-0.4, -0.2) is 56.2 Å². The van der Waals surface area contributed by atoms with Crippen molar-refractivity contribution in [2.75, 3.05) is 43.4 Å². The highest BCUT2D eigenvalue weighted by atomic mass is 32.2. The molecule has 0 radical (unpaired) electrons. The molecule has 0 spiro atoms. The molecule has 1 saturated heterocycles. The maximum atomic E-state index is 12.9. The van der Waals surface area contributed by atoms with Crippen LogP contribution in [0, 0.1) is 0 Å². The van der Waals surface area contributed by atoms with Gasteiger partial charge in [-0.25, -0.2) is 8.42 Å². The zero-order valence-electron chi connectivity index (χ0n) is 18.5. The van der Waals surface area contributed by atoms with E-state index in [4.69, 9.17) is 4.74 Å². The number of rotatable bonds is 11. The van der Waals surface area contributed by atoms with Crippen molar-refractivity contribution in [1.82, 2.24) is 9.29 Å². The van der Waals surface area contributed by atoms with E-state index in [2.05, 4.69) is 4.98 Å². The van der Waals surface area contributed by atoms with Gasteiger partial charge in [-0.2, -0.15) is 17.5 Å². The van der Waals surface area contributed by atoms with Crippen molar-refractivity contribution in [3.8, 4) is 0 Å². The average molecular weight is 486 g/mol. The summed E-state index contributed by atoms with van der Waals surface area (Å²) in [6.07, 6.45) is 0.893. The highest BCUT2D eigenvalue weighted by Gasteiger charge is 2.32. The van der Waals surface area contributed by atoms with E-state index in [1.54, 1.807) is 4.90 Å². The molecule has 1 aliphatic rings. The van der Waals surface area contributed by atoms with Crippen molar-refractivity contribution in [2.24, 2.45) is 0 Å². The molecule has 1 aliphatic heterocycles. The van der Waals surface area contributed by atoms with Gasteiger partial charge >= 0.3 is 6.18 Å². The minimum atomic E-state index is -4.46. The molecule has 33 heavy (non-hydrogen) atoms. The molecular formula is C23H30F3N3O3S. The average Bonchev–Trinajstić information content (AvgIpc) is 2.81. The van der Waals surface area contributed by atoms with Gasteiger partial charge in [0.15, 0.2) is 0 Å². The number of benzene rings is 1. The van der Waals surface area contributed by atoms with Crippen molar-refractivity contribution in [1.29, 1.82) is 0 Å². The third-order valence-corrected chi connectivity index (χ3v) is 7.56. The second-order valence-electron chi connectivity index (χ2n) is 8.08. The van der Waals surface area contributed by atoms with E-state index in [0.717, 1.165) is 37.1 Å². The molecule has 0 aliphatic carbocycles. The van der Waals surface area contributed by atoms with Gasteiger partial charge in [0.05, 0.1) is 29.8 Å². The van der Waals surface area contributed by atoms with E-state index in [9.17, 15) is 21.6 Å². The summed E-state index contributed by atoms with van der Waals surface area (Å²) in [4.78, 5) is 5.42. The molecule has 0 unspecified atom stereocenters. The second kappa shape index (κ2) is 11.8. The van der Waals surface area contributed by atoms with E-state index in [1.807, 2.05) is 30.3 Å². The Hall–Kier alpha value is -2.17. The van der Waals surface area contributed by atoms with Crippen LogP contribution in [0.4, 0.5) is 18.9 Å².